The number of hydrogen-bond acceptors (Lipinski definition) is 2. The first-order chi connectivity index (χ1) is 10.2. The van der Waals surface area contributed by atoms with E-state index in [1.165, 1.54) is 11.6 Å². The molecule has 1 aliphatic rings. The monoisotopic (exact) mass is 285 g/mol. The van der Waals surface area contributed by atoms with E-state index >= 15 is 0 Å². The number of hydrogen-bond donors (Lipinski definition) is 0. The zero-order valence-corrected chi connectivity index (χ0v) is 12.3. The lowest BCUT2D eigenvalue weighted by Gasteiger charge is -2.31. The summed E-state index contributed by atoms with van der Waals surface area (Å²) in [6.45, 7) is 2.01. The molecular weight excluding hydrogens is 265 g/mol. The predicted octanol–water partition coefficient (Wildman–Crippen LogP) is 4.48. The number of rotatable bonds is 3. The fourth-order valence-corrected chi connectivity index (χ4v) is 3.56. The summed E-state index contributed by atoms with van der Waals surface area (Å²) in [4.78, 5) is 15.2. The van der Waals surface area contributed by atoms with Gasteiger partial charge in [0.1, 0.15) is 12.1 Å². The van der Waals surface area contributed by atoms with E-state index in [1.807, 2.05) is 19.2 Å². The first-order valence-electron chi connectivity index (χ1n) is 7.68. The van der Waals surface area contributed by atoms with Crippen LogP contribution < -0.4 is 0 Å². The Kier molecular flexibility index (Phi) is 4.00. The molecule has 110 valence electrons. The molecule has 0 N–H and O–H groups in total. The van der Waals surface area contributed by atoms with Crippen molar-refractivity contribution in [2.75, 3.05) is 0 Å². The molecule has 1 aromatic heterocycles. The Balaban J connectivity index is 1.85. The number of halogens is 1. The minimum atomic E-state index is -0.208. The van der Waals surface area contributed by atoms with Gasteiger partial charge < -0.3 is 4.79 Å². The molecule has 3 rings (SSSR count). The molecule has 2 aromatic rings. The van der Waals surface area contributed by atoms with Crippen LogP contribution >= 0.6 is 0 Å². The molecule has 0 amide bonds. The highest BCUT2D eigenvalue weighted by atomic mass is 19.1. The lowest BCUT2D eigenvalue weighted by molar-refractivity contribution is -0.112. The molecule has 1 atom stereocenters. The van der Waals surface area contributed by atoms with Gasteiger partial charge in [-0.3, -0.25) is 4.98 Å². The summed E-state index contributed by atoms with van der Waals surface area (Å²) in [7, 11) is 0. The number of pyridine rings is 1. The molecule has 2 nitrogen and oxygen atoms in total. The number of aromatic nitrogens is 1. The summed E-state index contributed by atoms with van der Waals surface area (Å²) >= 11 is 0. The highest BCUT2D eigenvalue weighted by molar-refractivity contribution is 5.82. The molecule has 1 aliphatic carbocycles. The van der Waals surface area contributed by atoms with Crippen LogP contribution in [0.15, 0.2) is 30.5 Å². The fraction of sp³-hybridized carbons (Fsp3) is 0.444. The van der Waals surface area contributed by atoms with Crippen molar-refractivity contribution >= 4 is 17.2 Å². The maximum atomic E-state index is 13.5. The summed E-state index contributed by atoms with van der Waals surface area (Å²) in [6, 6.07) is 6.82. The molecule has 1 fully saturated rings. The summed E-state index contributed by atoms with van der Waals surface area (Å²) in [5.41, 5.74) is 2.06. The van der Waals surface area contributed by atoms with Crippen LogP contribution in [0.4, 0.5) is 4.39 Å². The van der Waals surface area contributed by atoms with E-state index in [9.17, 15) is 9.18 Å². The van der Waals surface area contributed by atoms with Crippen LogP contribution in [0.5, 0.6) is 0 Å². The van der Waals surface area contributed by atoms with Crippen molar-refractivity contribution in [2.45, 2.75) is 38.5 Å². The number of carbonyl (C=O) groups excluding carboxylic acids is 1. The zero-order chi connectivity index (χ0) is 14.8. The van der Waals surface area contributed by atoms with Crippen LogP contribution in [-0.2, 0) is 4.79 Å². The summed E-state index contributed by atoms with van der Waals surface area (Å²) in [5.74, 6) is 0.897. The number of benzene rings is 1. The summed E-state index contributed by atoms with van der Waals surface area (Å²) in [5, 5.41) is 0.935. The third-order valence-corrected chi connectivity index (χ3v) is 4.91. The van der Waals surface area contributed by atoms with E-state index in [4.69, 9.17) is 0 Å². The van der Waals surface area contributed by atoms with E-state index in [1.54, 1.807) is 12.1 Å². The predicted molar refractivity (Wildman–Crippen MR) is 81.6 cm³/mol. The molecule has 0 saturated heterocycles. The highest BCUT2D eigenvalue weighted by Crippen LogP contribution is 2.40. The highest BCUT2D eigenvalue weighted by Gasteiger charge is 2.26. The number of aldehydes is 1. The molecule has 1 saturated carbocycles. The molecule has 21 heavy (non-hydrogen) atoms. The number of carbonyl (C=O) groups is 1. The smallest absolute Gasteiger partial charge is 0.123 e. The Bertz CT molecular complexity index is 647. The second-order valence-electron chi connectivity index (χ2n) is 6.17. The molecule has 1 heterocycles. The topological polar surface area (TPSA) is 30.0 Å². The largest absolute Gasteiger partial charge is 0.303 e. The number of nitrogens with zero attached hydrogens (tertiary/aromatic N) is 1. The minimum absolute atomic E-state index is 0.151. The Labute approximate surface area is 124 Å². The Morgan fingerprint density at radius 1 is 1.24 bits per heavy atom. The van der Waals surface area contributed by atoms with Gasteiger partial charge >= 0.3 is 0 Å². The van der Waals surface area contributed by atoms with Crippen molar-refractivity contribution in [1.29, 1.82) is 0 Å². The van der Waals surface area contributed by atoms with Gasteiger partial charge in [0, 0.05) is 17.5 Å². The van der Waals surface area contributed by atoms with Gasteiger partial charge in [-0.15, -0.1) is 0 Å². The van der Waals surface area contributed by atoms with Gasteiger partial charge in [0.05, 0.1) is 5.52 Å². The lowest BCUT2D eigenvalue weighted by Crippen LogP contribution is -2.20. The second kappa shape index (κ2) is 5.92. The quantitative estimate of drug-likeness (QED) is 0.778. The van der Waals surface area contributed by atoms with Gasteiger partial charge in [-0.25, -0.2) is 4.39 Å². The molecule has 1 aromatic carbocycles. The third-order valence-electron chi connectivity index (χ3n) is 4.91. The Morgan fingerprint density at radius 2 is 2.00 bits per heavy atom. The van der Waals surface area contributed by atoms with Crippen LogP contribution in [0.3, 0.4) is 0 Å². The van der Waals surface area contributed by atoms with E-state index in [-0.39, 0.29) is 11.7 Å². The fourth-order valence-electron chi connectivity index (χ4n) is 3.56. The Morgan fingerprint density at radius 3 is 2.71 bits per heavy atom. The molecular formula is C18H20FNO. The van der Waals surface area contributed by atoms with E-state index < -0.39 is 0 Å². The molecule has 0 bridgehead atoms. The maximum Gasteiger partial charge on any atom is 0.123 e. The van der Waals surface area contributed by atoms with Gasteiger partial charge in [-0.05, 0) is 67.3 Å². The van der Waals surface area contributed by atoms with E-state index in [0.29, 0.717) is 11.8 Å². The SMILES string of the molecule is CC(C=O)C1CCC(c2ccnc3ccc(F)cc23)CC1. The van der Waals surface area contributed by atoms with Crippen LogP contribution in [0.1, 0.15) is 44.1 Å². The first-order valence-corrected chi connectivity index (χ1v) is 7.68. The van der Waals surface area contributed by atoms with Crippen LogP contribution in [0.25, 0.3) is 10.9 Å². The zero-order valence-electron chi connectivity index (χ0n) is 12.3. The maximum absolute atomic E-state index is 13.5. The normalized spacial score (nSPS) is 23.9. The molecule has 1 unspecified atom stereocenters. The van der Waals surface area contributed by atoms with Crippen molar-refractivity contribution in [3.05, 3.63) is 41.8 Å². The van der Waals surface area contributed by atoms with Crippen LogP contribution in [-0.4, -0.2) is 11.3 Å². The van der Waals surface area contributed by atoms with Crippen LogP contribution in [0, 0.1) is 17.7 Å². The first kappa shape index (κ1) is 14.2. The average Bonchev–Trinajstić information content (AvgIpc) is 2.53. The molecule has 0 aliphatic heterocycles. The molecule has 0 radical (unpaired) electrons. The summed E-state index contributed by atoms with van der Waals surface area (Å²) < 4.78 is 13.5. The van der Waals surface area contributed by atoms with E-state index in [0.717, 1.165) is 42.9 Å². The van der Waals surface area contributed by atoms with Gasteiger partial charge in [0.15, 0.2) is 0 Å². The van der Waals surface area contributed by atoms with Crippen molar-refractivity contribution in [1.82, 2.24) is 4.98 Å². The molecule has 0 spiro atoms. The molecule has 3 heteroatoms. The number of fused-ring (bicyclic) bond motifs is 1. The van der Waals surface area contributed by atoms with E-state index in [2.05, 4.69) is 4.98 Å². The minimum Gasteiger partial charge on any atom is -0.303 e. The van der Waals surface area contributed by atoms with Gasteiger partial charge in [-0.2, -0.15) is 0 Å². The summed E-state index contributed by atoms with van der Waals surface area (Å²) in [6.07, 6.45) is 7.17. The van der Waals surface area contributed by atoms with Crippen molar-refractivity contribution in [2.24, 2.45) is 11.8 Å². The average molecular weight is 285 g/mol. The van der Waals surface area contributed by atoms with Crippen molar-refractivity contribution < 1.29 is 9.18 Å². The van der Waals surface area contributed by atoms with Crippen molar-refractivity contribution in [3.63, 3.8) is 0 Å². The standard InChI is InChI=1S/C18H20FNO/c1-12(11-21)13-2-4-14(5-3-13)16-8-9-20-18-7-6-15(19)10-17(16)18/h6-14H,2-5H2,1H3. The van der Waals surface area contributed by atoms with Crippen molar-refractivity contribution in [3.8, 4) is 0 Å². The van der Waals surface area contributed by atoms with Gasteiger partial charge in [-0.1, -0.05) is 6.92 Å². The van der Waals surface area contributed by atoms with Gasteiger partial charge in [0.25, 0.3) is 0 Å². The van der Waals surface area contributed by atoms with Gasteiger partial charge in [0.2, 0.25) is 0 Å². The lowest BCUT2D eigenvalue weighted by atomic mass is 9.74. The second-order valence-corrected chi connectivity index (χ2v) is 6.17. The Hall–Kier alpha value is -1.77. The van der Waals surface area contributed by atoms with Crippen LogP contribution in [0.2, 0.25) is 0 Å². The third kappa shape index (κ3) is 2.82.